The lowest BCUT2D eigenvalue weighted by atomic mass is 10.1. The minimum atomic E-state index is 0.475. The zero-order valence-corrected chi connectivity index (χ0v) is 20.1. The SMILES string of the molecule is Cc1cccc2c1nc(N)n1cc(Cc3ccc(CN4CCN(c5ccccc5)CC4)cc3)nc21. The molecule has 0 bridgehead atoms. The molecule has 6 heteroatoms. The average molecular weight is 463 g/mol. The van der Waals surface area contributed by atoms with Gasteiger partial charge in [0.15, 0.2) is 0 Å². The fourth-order valence-corrected chi connectivity index (χ4v) is 5.07. The molecule has 1 saturated heterocycles. The predicted molar refractivity (Wildman–Crippen MR) is 143 cm³/mol. The van der Waals surface area contributed by atoms with Crippen molar-refractivity contribution < 1.29 is 0 Å². The second-order valence-electron chi connectivity index (χ2n) is 9.46. The molecule has 0 amide bonds. The first-order valence-corrected chi connectivity index (χ1v) is 12.3. The predicted octanol–water partition coefficient (Wildman–Crippen LogP) is 4.69. The van der Waals surface area contributed by atoms with Gasteiger partial charge in [0.05, 0.1) is 11.2 Å². The minimum absolute atomic E-state index is 0.475. The van der Waals surface area contributed by atoms with Crippen LogP contribution in [0.1, 0.15) is 22.4 Å². The highest BCUT2D eigenvalue weighted by molar-refractivity contribution is 5.94. The summed E-state index contributed by atoms with van der Waals surface area (Å²) in [4.78, 5) is 14.5. The summed E-state index contributed by atoms with van der Waals surface area (Å²) in [7, 11) is 0. The zero-order chi connectivity index (χ0) is 23.8. The molecule has 6 nitrogen and oxygen atoms in total. The summed E-state index contributed by atoms with van der Waals surface area (Å²) in [5.41, 5.74) is 14.1. The molecule has 0 radical (unpaired) electrons. The summed E-state index contributed by atoms with van der Waals surface area (Å²) in [6.07, 6.45) is 2.78. The Labute approximate surface area is 205 Å². The highest BCUT2D eigenvalue weighted by Gasteiger charge is 2.17. The molecule has 1 aliphatic rings. The Morgan fingerprint density at radius 2 is 1.54 bits per heavy atom. The summed E-state index contributed by atoms with van der Waals surface area (Å²) in [5, 5.41) is 1.04. The van der Waals surface area contributed by atoms with E-state index in [2.05, 4.69) is 88.4 Å². The van der Waals surface area contributed by atoms with Crippen molar-refractivity contribution in [1.82, 2.24) is 19.3 Å². The second kappa shape index (κ2) is 9.04. The first-order valence-electron chi connectivity index (χ1n) is 12.3. The molecule has 0 aliphatic carbocycles. The highest BCUT2D eigenvalue weighted by atomic mass is 15.3. The third kappa shape index (κ3) is 4.33. The van der Waals surface area contributed by atoms with Gasteiger partial charge in [-0.3, -0.25) is 9.30 Å². The van der Waals surface area contributed by atoms with Crippen molar-refractivity contribution in [3.05, 3.63) is 101 Å². The van der Waals surface area contributed by atoms with Gasteiger partial charge >= 0.3 is 0 Å². The molecule has 1 fully saturated rings. The van der Waals surface area contributed by atoms with Crippen LogP contribution in [-0.2, 0) is 13.0 Å². The van der Waals surface area contributed by atoms with Crippen molar-refractivity contribution in [2.45, 2.75) is 19.9 Å². The number of rotatable bonds is 5. The first-order chi connectivity index (χ1) is 17.1. The lowest BCUT2D eigenvalue weighted by Gasteiger charge is -2.36. The maximum absolute atomic E-state index is 6.25. The van der Waals surface area contributed by atoms with Crippen LogP contribution in [0, 0.1) is 6.92 Å². The van der Waals surface area contributed by atoms with E-state index in [9.17, 15) is 0 Å². The molecule has 0 atom stereocenters. The van der Waals surface area contributed by atoms with Gasteiger partial charge in [-0.05, 0) is 41.8 Å². The van der Waals surface area contributed by atoms with Crippen LogP contribution in [0.2, 0.25) is 0 Å². The number of nitrogen functional groups attached to an aromatic ring is 1. The average Bonchev–Trinajstić information content (AvgIpc) is 3.32. The van der Waals surface area contributed by atoms with E-state index in [0.29, 0.717) is 5.95 Å². The van der Waals surface area contributed by atoms with Crippen molar-refractivity contribution in [3.63, 3.8) is 0 Å². The number of fused-ring (bicyclic) bond motifs is 3. The molecule has 5 aromatic rings. The van der Waals surface area contributed by atoms with Crippen LogP contribution < -0.4 is 10.6 Å². The number of hydrogen-bond donors (Lipinski definition) is 1. The Hall–Kier alpha value is -3.90. The van der Waals surface area contributed by atoms with Crippen LogP contribution in [-0.4, -0.2) is 45.4 Å². The van der Waals surface area contributed by atoms with Gasteiger partial charge in [0.25, 0.3) is 0 Å². The van der Waals surface area contributed by atoms with Crippen LogP contribution in [0.25, 0.3) is 16.6 Å². The number of nitrogens with two attached hydrogens (primary N) is 1. The van der Waals surface area contributed by atoms with E-state index in [1.165, 1.54) is 16.8 Å². The molecule has 0 spiro atoms. The van der Waals surface area contributed by atoms with Crippen molar-refractivity contribution in [2.24, 2.45) is 0 Å². The van der Waals surface area contributed by atoms with Crippen molar-refractivity contribution in [2.75, 3.05) is 36.8 Å². The van der Waals surface area contributed by atoms with Gasteiger partial charge in [-0.15, -0.1) is 0 Å². The monoisotopic (exact) mass is 462 g/mol. The Bertz CT molecular complexity index is 1460. The summed E-state index contributed by atoms with van der Waals surface area (Å²) in [5.74, 6) is 0.475. The highest BCUT2D eigenvalue weighted by Crippen LogP contribution is 2.24. The largest absolute Gasteiger partial charge is 0.369 e. The molecule has 0 unspecified atom stereocenters. The van der Waals surface area contributed by atoms with E-state index in [1.54, 1.807) is 0 Å². The number of nitrogens with zero attached hydrogens (tertiary/aromatic N) is 5. The molecule has 2 N–H and O–H groups in total. The topological polar surface area (TPSA) is 62.7 Å². The van der Waals surface area contributed by atoms with Crippen LogP contribution in [0.5, 0.6) is 0 Å². The van der Waals surface area contributed by atoms with Gasteiger partial charge in [-0.1, -0.05) is 54.6 Å². The fraction of sp³-hybridized carbons (Fsp3) is 0.241. The summed E-state index contributed by atoms with van der Waals surface area (Å²) in [6, 6.07) is 25.8. The van der Waals surface area contributed by atoms with E-state index >= 15 is 0 Å². The van der Waals surface area contributed by atoms with Gasteiger partial charge in [0.1, 0.15) is 5.65 Å². The van der Waals surface area contributed by atoms with Gasteiger partial charge in [-0.25, -0.2) is 9.97 Å². The van der Waals surface area contributed by atoms with Gasteiger partial charge in [-0.2, -0.15) is 0 Å². The number of para-hydroxylation sites is 2. The maximum atomic E-state index is 6.25. The van der Waals surface area contributed by atoms with Crippen LogP contribution in [0.15, 0.2) is 79.0 Å². The molecular weight excluding hydrogens is 432 g/mol. The normalized spacial score (nSPS) is 14.7. The minimum Gasteiger partial charge on any atom is -0.369 e. The summed E-state index contributed by atoms with van der Waals surface area (Å²) in [6.45, 7) is 7.36. The first kappa shape index (κ1) is 21.6. The van der Waals surface area contributed by atoms with Gasteiger partial charge < -0.3 is 10.6 Å². The number of imidazole rings is 1. The van der Waals surface area contributed by atoms with Crippen molar-refractivity contribution >= 4 is 28.2 Å². The summed E-state index contributed by atoms with van der Waals surface area (Å²) < 4.78 is 1.90. The number of hydrogen-bond acceptors (Lipinski definition) is 5. The Morgan fingerprint density at radius 1 is 0.800 bits per heavy atom. The molecule has 0 saturated carbocycles. The van der Waals surface area contributed by atoms with Crippen molar-refractivity contribution in [1.29, 1.82) is 0 Å². The maximum Gasteiger partial charge on any atom is 0.206 e. The van der Waals surface area contributed by atoms with Crippen LogP contribution in [0.4, 0.5) is 11.6 Å². The molecule has 2 aromatic heterocycles. The number of aryl methyl sites for hydroxylation is 1. The van der Waals surface area contributed by atoms with Gasteiger partial charge in [0.2, 0.25) is 5.95 Å². The molecule has 176 valence electrons. The Morgan fingerprint density at radius 3 is 2.31 bits per heavy atom. The Kier molecular flexibility index (Phi) is 5.58. The second-order valence-corrected chi connectivity index (χ2v) is 9.46. The zero-order valence-electron chi connectivity index (χ0n) is 20.1. The molecule has 3 aromatic carbocycles. The van der Waals surface area contributed by atoms with E-state index in [4.69, 9.17) is 10.7 Å². The lowest BCUT2D eigenvalue weighted by Crippen LogP contribution is -2.45. The molecular formula is C29H30N6. The third-order valence-corrected chi connectivity index (χ3v) is 7.02. The molecule has 1 aliphatic heterocycles. The third-order valence-electron chi connectivity index (χ3n) is 7.02. The number of anilines is 2. The number of aromatic nitrogens is 3. The standard InChI is InChI=1S/C29H30N6/c1-21-6-5-9-26-27(21)32-29(30)35-20-24(31-28(26)35)18-22-10-12-23(13-11-22)19-33-14-16-34(17-15-33)25-7-3-2-4-8-25/h2-13,20H,14-19H2,1H3,(H2,30,32). The van der Waals surface area contributed by atoms with E-state index in [0.717, 1.165) is 67.0 Å². The lowest BCUT2D eigenvalue weighted by molar-refractivity contribution is 0.250. The van der Waals surface area contributed by atoms with E-state index in [1.807, 2.05) is 16.7 Å². The molecule has 6 rings (SSSR count). The van der Waals surface area contributed by atoms with Gasteiger partial charge in [0, 0.05) is 56.4 Å². The smallest absolute Gasteiger partial charge is 0.206 e. The molecule has 3 heterocycles. The molecule has 35 heavy (non-hydrogen) atoms. The quantitative estimate of drug-likeness (QED) is 0.411. The number of benzene rings is 3. The van der Waals surface area contributed by atoms with Crippen molar-refractivity contribution in [3.8, 4) is 0 Å². The van der Waals surface area contributed by atoms with E-state index < -0.39 is 0 Å². The Balaban J connectivity index is 1.12. The van der Waals surface area contributed by atoms with Crippen LogP contribution in [0.3, 0.4) is 0 Å². The van der Waals surface area contributed by atoms with Crippen LogP contribution >= 0.6 is 0 Å². The fourth-order valence-electron chi connectivity index (χ4n) is 5.07. The number of piperazine rings is 1. The van der Waals surface area contributed by atoms with E-state index in [-0.39, 0.29) is 0 Å². The summed E-state index contributed by atoms with van der Waals surface area (Å²) >= 11 is 0.